The van der Waals surface area contributed by atoms with E-state index in [1.807, 2.05) is 12.1 Å². The van der Waals surface area contributed by atoms with E-state index in [1.54, 1.807) is 11.0 Å². The Balaban J connectivity index is 1.67. The summed E-state index contributed by atoms with van der Waals surface area (Å²) in [5.74, 6) is 0.986. The number of anilines is 1. The van der Waals surface area contributed by atoms with Crippen LogP contribution < -0.4 is 14.8 Å². The molecule has 0 radical (unpaired) electrons. The standard InChI is InChI=1S/C22H24F3N3O5/c1-32-19-8-5-14(12-20(19)33-2)17-4-3-11-27(17)21(29)9-10-26-16-7-6-15(22(23,24)25)13-18(16)28(30)31/h5-8,12-13,17,26H,3-4,9-11H2,1-2H3. The molecule has 1 fully saturated rings. The van der Waals surface area contributed by atoms with Gasteiger partial charge >= 0.3 is 6.18 Å². The van der Waals surface area contributed by atoms with Crippen molar-refractivity contribution in [2.75, 3.05) is 32.6 Å². The molecule has 1 aliphatic heterocycles. The summed E-state index contributed by atoms with van der Waals surface area (Å²) in [5, 5.41) is 13.9. The molecule has 1 N–H and O–H groups in total. The number of ether oxygens (including phenoxy) is 2. The first-order valence-corrected chi connectivity index (χ1v) is 10.3. The number of carbonyl (C=O) groups is 1. The molecule has 2 aromatic carbocycles. The van der Waals surface area contributed by atoms with Crippen LogP contribution in [0, 0.1) is 10.1 Å². The van der Waals surface area contributed by atoms with Gasteiger partial charge in [0.25, 0.3) is 5.69 Å². The van der Waals surface area contributed by atoms with Crippen LogP contribution in [-0.2, 0) is 11.0 Å². The highest BCUT2D eigenvalue weighted by atomic mass is 19.4. The smallest absolute Gasteiger partial charge is 0.416 e. The number of amides is 1. The number of hydrogen-bond donors (Lipinski definition) is 1. The fourth-order valence-corrected chi connectivity index (χ4v) is 3.93. The molecule has 1 saturated heterocycles. The highest BCUT2D eigenvalue weighted by Gasteiger charge is 2.33. The van der Waals surface area contributed by atoms with E-state index in [9.17, 15) is 28.1 Å². The molecule has 178 valence electrons. The maximum absolute atomic E-state index is 12.9. The number of nitro benzene ring substituents is 1. The summed E-state index contributed by atoms with van der Waals surface area (Å²) in [5.41, 5.74) is -0.962. The van der Waals surface area contributed by atoms with Crippen LogP contribution in [0.5, 0.6) is 11.5 Å². The molecule has 1 aliphatic rings. The quantitative estimate of drug-likeness (QED) is 0.443. The number of carbonyl (C=O) groups excluding carboxylic acids is 1. The molecule has 0 saturated carbocycles. The van der Waals surface area contributed by atoms with Crippen molar-refractivity contribution < 1.29 is 32.4 Å². The molecular formula is C22H24F3N3O5. The predicted molar refractivity (Wildman–Crippen MR) is 114 cm³/mol. The minimum Gasteiger partial charge on any atom is -0.493 e. The third kappa shape index (κ3) is 5.47. The zero-order valence-electron chi connectivity index (χ0n) is 18.1. The van der Waals surface area contributed by atoms with Gasteiger partial charge in [0.05, 0.1) is 30.7 Å². The number of halogens is 3. The summed E-state index contributed by atoms with van der Waals surface area (Å²) in [7, 11) is 3.07. The van der Waals surface area contributed by atoms with E-state index < -0.39 is 22.4 Å². The Morgan fingerprint density at radius 3 is 2.55 bits per heavy atom. The molecule has 0 aromatic heterocycles. The third-order valence-electron chi connectivity index (χ3n) is 5.54. The van der Waals surface area contributed by atoms with Crippen LogP contribution in [0.3, 0.4) is 0 Å². The van der Waals surface area contributed by atoms with Gasteiger partial charge in [0.15, 0.2) is 11.5 Å². The third-order valence-corrected chi connectivity index (χ3v) is 5.54. The first-order valence-electron chi connectivity index (χ1n) is 10.3. The lowest BCUT2D eigenvalue weighted by atomic mass is 10.0. The van der Waals surface area contributed by atoms with Crippen LogP contribution in [0.4, 0.5) is 24.5 Å². The van der Waals surface area contributed by atoms with Gasteiger partial charge in [-0.1, -0.05) is 6.07 Å². The van der Waals surface area contributed by atoms with Crippen molar-refractivity contribution in [1.29, 1.82) is 0 Å². The zero-order valence-corrected chi connectivity index (χ0v) is 18.1. The Bertz CT molecular complexity index is 1030. The van der Waals surface area contributed by atoms with Crippen LogP contribution in [0.2, 0.25) is 0 Å². The molecule has 33 heavy (non-hydrogen) atoms. The average molecular weight is 467 g/mol. The van der Waals surface area contributed by atoms with Crippen LogP contribution in [0.1, 0.15) is 36.4 Å². The molecule has 0 spiro atoms. The predicted octanol–water partition coefficient (Wildman–Crippen LogP) is 4.80. The van der Waals surface area contributed by atoms with Gasteiger partial charge in [-0.25, -0.2) is 0 Å². The molecule has 3 rings (SSSR count). The summed E-state index contributed by atoms with van der Waals surface area (Å²) in [6, 6.07) is 7.61. The summed E-state index contributed by atoms with van der Waals surface area (Å²) in [4.78, 5) is 24.9. The Kier molecular flexibility index (Phi) is 7.29. The van der Waals surface area contributed by atoms with Crippen molar-refractivity contribution in [1.82, 2.24) is 4.90 Å². The Labute approximate surface area is 188 Å². The van der Waals surface area contributed by atoms with E-state index in [2.05, 4.69) is 5.32 Å². The number of hydrogen-bond acceptors (Lipinski definition) is 6. The van der Waals surface area contributed by atoms with Gasteiger partial charge in [0.1, 0.15) is 5.69 Å². The van der Waals surface area contributed by atoms with Crippen LogP contribution >= 0.6 is 0 Å². The summed E-state index contributed by atoms with van der Waals surface area (Å²) in [6.45, 7) is 0.610. The van der Waals surface area contributed by atoms with E-state index in [0.29, 0.717) is 24.1 Å². The van der Waals surface area contributed by atoms with E-state index in [1.165, 1.54) is 14.2 Å². The van der Waals surface area contributed by atoms with E-state index >= 15 is 0 Å². The molecular weight excluding hydrogens is 443 g/mol. The highest BCUT2D eigenvalue weighted by molar-refractivity contribution is 5.78. The molecule has 0 bridgehead atoms. The van der Waals surface area contributed by atoms with Gasteiger partial charge in [-0.3, -0.25) is 14.9 Å². The van der Waals surface area contributed by atoms with Crippen molar-refractivity contribution in [3.63, 3.8) is 0 Å². The Morgan fingerprint density at radius 1 is 1.18 bits per heavy atom. The number of benzene rings is 2. The minimum absolute atomic E-state index is 0.0297. The second kappa shape index (κ2) is 9.97. The molecule has 2 aromatic rings. The summed E-state index contributed by atoms with van der Waals surface area (Å²) in [6.07, 6.45) is -3.06. The number of alkyl halides is 3. The largest absolute Gasteiger partial charge is 0.493 e. The number of nitrogens with zero attached hydrogens (tertiary/aromatic N) is 2. The second-order valence-corrected chi connectivity index (χ2v) is 7.52. The Hall–Kier alpha value is -3.50. The normalized spacial score (nSPS) is 15.9. The summed E-state index contributed by atoms with van der Waals surface area (Å²) < 4.78 is 49.2. The molecule has 1 heterocycles. The fourth-order valence-electron chi connectivity index (χ4n) is 3.93. The monoisotopic (exact) mass is 467 g/mol. The van der Waals surface area contributed by atoms with E-state index in [-0.39, 0.29) is 30.6 Å². The maximum atomic E-state index is 12.9. The van der Waals surface area contributed by atoms with Crippen LogP contribution in [-0.4, -0.2) is 43.0 Å². The number of likely N-dealkylation sites (tertiary alicyclic amines) is 1. The lowest BCUT2D eigenvalue weighted by Gasteiger charge is -2.26. The van der Waals surface area contributed by atoms with E-state index in [0.717, 1.165) is 30.5 Å². The molecule has 1 unspecified atom stereocenters. The molecule has 1 atom stereocenters. The first-order chi connectivity index (χ1) is 15.7. The first kappa shape index (κ1) is 24.1. The zero-order chi connectivity index (χ0) is 24.2. The highest BCUT2D eigenvalue weighted by Crippen LogP contribution is 2.38. The number of nitro groups is 1. The lowest BCUT2D eigenvalue weighted by Crippen LogP contribution is -2.31. The number of methoxy groups -OCH3 is 2. The van der Waals surface area contributed by atoms with Gasteiger partial charge in [-0.05, 0) is 42.7 Å². The number of rotatable bonds is 8. The second-order valence-electron chi connectivity index (χ2n) is 7.52. The van der Waals surface area contributed by atoms with Crippen molar-refractivity contribution in [2.45, 2.75) is 31.5 Å². The molecule has 1 amide bonds. The summed E-state index contributed by atoms with van der Waals surface area (Å²) >= 11 is 0. The maximum Gasteiger partial charge on any atom is 0.416 e. The van der Waals surface area contributed by atoms with E-state index in [4.69, 9.17) is 9.47 Å². The van der Waals surface area contributed by atoms with Crippen LogP contribution in [0.25, 0.3) is 0 Å². The molecule has 8 nitrogen and oxygen atoms in total. The average Bonchev–Trinajstić information content (AvgIpc) is 3.28. The van der Waals surface area contributed by atoms with Crippen LogP contribution in [0.15, 0.2) is 36.4 Å². The van der Waals surface area contributed by atoms with Gasteiger partial charge in [-0.2, -0.15) is 13.2 Å². The molecule has 11 heteroatoms. The van der Waals surface area contributed by atoms with Gasteiger partial charge in [0, 0.05) is 25.6 Å². The van der Waals surface area contributed by atoms with Crippen molar-refractivity contribution in [3.8, 4) is 11.5 Å². The Morgan fingerprint density at radius 2 is 1.91 bits per heavy atom. The van der Waals surface area contributed by atoms with Crippen molar-refractivity contribution >= 4 is 17.3 Å². The van der Waals surface area contributed by atoms with Gasteiger partial charge in [-0.15, -0.1) is 0 Å². The number of nitrogens with one attached hydrogen (secondary N) is 1. The topological polar surface area (TPSA) is 93.9 Å². The van der Waals surface area contributed by atoms with Gasteiger partial charge < -0.3 is 19.7 Å². The minimum atomic E-state index is -4.69. The fraction of sp³-hybridized carbons (Fsp3) is 0.409. The SMILES string of the molecule is COc1ccc(C2CCCN2C(=O)CCNc2ccc(C(F)(F)F)cc2[N+](=O)[O-])cc1OC. The molecule has 0 aliphatic carbocycles. The van der Waals surface area contributed by atoms with Crippen molar-refractivity contribution in [3.05, 3.63) is 57.6 Å². The van der Waals surface area contributed by atoms with Gasteiger partial charge in [0.2, 0.25) is 5.91 Å². The lowest BCUT2D eigenvalue weighted by molar-refractivity contribution is -0.384. The van der Waals surface area contributed by atoms with Crippen molar-refractivity contribution in [2.24, 2.45) is 0 Å².